The number of carbonyl (C=O) groups is 3. The summed E-state index contributed by atoms with van der Waals surface area (Å²) in [6.07, 6.45) is 2.37. The third-order valence-electron chi connectivity index (χ3n) is 7.35. The number of nitrogens with one attached hydrogen (secondary N) is 4. The van der Waals surface area contributed by atoms with Gasteiger partial charge in [0.05, 0.1) is 17.2 Å². The van der Waals surface area contributed by atoms with E-state index in [9.17, 15) is 14.4 Å². The summed E-state index contributed by atoms with van der Waals surface area (Å²) in [5, 5.41) is 8.88. The predicted octanol–water partition coefficient (Wildman–Crippen LogP) is 5.72. The Morgan fingerprint density at radius 1 is 1.05 bits per heavy atom. The summed E-state index contributed by atoms with van der Waals surface area (Å²) >= 11 is 0. The molecule has 0 saturated heterocycles. The minimum atomic E-state index is -0.269. The molecule has 210 valence electrons. The van der Waals surface area contributed by atoms with Gasteiger partial charge in [0.1, 0.15) is 0 Å². The first-order chi connectivity index (χ1) is 19.7. The second kappa shape index (κ2) is 13.4. The smallest absolute Gasteiger partial charge is 0.358 e. The van der Waals surface area contributed by atoms with E-state index in [1.165, 1.54) is 0 Å². The number of anilines is 1. The molecule has 4 N–H and O–H groups in total. The van der Waals surface area contributed by atoms with Crippen LogP contribution in [0, 0.1) is 58.0 Å². The molecule has 8 heteroatoms. The molecular weight excluding hydrogens is 750 g/mol. The van der Waals surface area contributed by atoms with Gasteiger partial charge in [0.2, 0.25) is 0 Å². The second-order valence-corrected chi connectivity index (χ2v) is 10.2. The normalized spacial score (nSPS) is 13.6. The van der Waals surface area contributed by atoms with Crippen LogP contribution in [0.25, 0.3) is 11.6 Å². The number of H-pyrrole nitrogens is 1. The monoisotopic (exact) mass is 782 g/mol. The van der Waals surface area contributed by atoms with Crippen molar-refractivity contribution >= 4 is 35.1 Å². The van der Waals surface area contributed by atoms with Gasteiger partial charge in [-0.3, -0.25) is 14.4 Å². The molecule has 7 nitrogen and oxygen atoms in total. The summed E-state index contributed by atoms with van der Waals surface area (Å²) in [5.74, 6) is -0.699. The molecule has 3 amide bonds. The predicted molar refractivity (Wildman–Crippen MR) is 161 cm³/mol. The van der Waals surface area contributed by atoms with E-state index in [0.29, 0.717) is 52.3 Å². The summed E-state index contributed by atoms with van der Waals surface area (Å²) in [7, 11) is 0. The SMILES string of the molecule is [CH2-]Cc1[c-]ccc(CNC(=O)c2c(C)[nH]c(/C=C3\C(=O)Nc4ccc(C(=O)N[C@H](C)c5ccccc5)cc43)c2C)c1.[U+2]. The van der Waals surface area contributed by atoms with Gasteiger partial charge >= 0.3 is 31.1 Å². The molecule has 1 aliphatic heterocycles. The van der Waals surface area contributed by atoms with Crippen LogP contribution in [0.4, 0.5) is 5.69 Å². The molecule has 1 aromatic heterocycles. The summed E-state index contributed by atoms with van der Waals surface area (Å²) < 4.78 is 0. The first-order valence-electron chi connectivity index (χ1n) is 13.5. The van der Waals surface area contributed by atoms with Gasteiger partial charge in [0.25, 0.3) is 17.7 Å². The first kappa shape index (κ1) is 31.1. The van der Waals surface area contributed by atoms with E-state index >= 15 is 0 Å². The van der Waals surface area contributed by atoms with Gasteiger partial charge in [-0.1, -0.05) is 30.3 Å². The largest absolute Gasteiger partial charge is 2.00 e. The molecule has 0 aliphatic carbocycles. The summed E-state index contributed by atoms with van der Waals surface area (Å²) in [6, 6.07) is 23.6. The minimum Gasteiger partial charge on any atom is -0.358 e. The van der Waals surface area contributed by atoms with Gasteiger partial charge in [-0.25, -0.2) is 0 Å². The Balaban J connectivity index is 0.00000405. The van der Waals surface area contributed by atoms with E-state index < -0.39 is 0 Å². The number of hydrogen-bond acceptors (Lipinski definition) is 3. The molecule has 2 heterocycles. The molecule has 0 bridgehead atoms. The number of rotatable bonds is 8. The average molecular weight is 783 g/mol. The Morgan fingerprint density at radius 2 is 1.81 bits per heavy atom. The van der Waals surface area contributed by atoms with Crippen molar-refractivity contribution in [1.82, 2.24) is 15.6 Å². The van der Waals surface area contributed by atoms with Crippen LogP contribution >= 0.6 is 0 Å². The van der Waals surface area contributed by atoms with Crippen molar-refractivity contribution in [2.75, 3.05) is 5.32 Å². The van der Waals surface area contributed by atoms with Crippen LogP contribution in [0.3, 0.4) is 0 Å². The zero-order valence-corrected chi connectivity index (χ0v) is 28.0. The van der Waals surface area contributed by atoms with Gasteiger partial charge < -0.3 is 27.9 Å². The maximum Gasteiger partial charge on any atom is 2.00 e. The van der Waals surface area contributed by atoms with Gasteiger partial charge in [-0.05, 0) is 56.2 Å². The van der Waals surface area contributed by atoms with E-state index in [4.69, 9.17) is 0 Å². The van der Waals surface area contributed by atoms with E-state index in [0.717, 1.165) is 22.3 Å². The number of amides is 3. The van der Waals surface area contributed by atoms with Crippen molar-refractivity contribution in [2.24, 2.45) is 0 Å². The second-order valence-electron chi connectivity index (χ2n) is 10.2. The van der Waals surface area contributed by atoms with Crippen molar-refractivity contribution < 1.29 is 45.5 Å². The fourth-order valence-corrected chi connectivity index (χ4v) is 5.08. The third-order valence-corrected chi connectivity index (χ3v) is 7.35. The number of aromatic amines is 1. The van der Waals surface area contributed by atoms with Gasteiger partial charge in [0.15, 0.2) is 0 Å². The Kier molecular flexibility index (Phi) is 9.93. The summed E-state index contributed by atoms with van der Waals surface area (Å²) in [5.41, 5.74) is 7.74. The molecular formula is C34H32N4O3U. The molecule has 3 aromatic carbocycles. The molecule has 0 spiro atoms. The molecule has 1 aliphatic rings. The van der Waals surface area contributed by atoms with Crippen LogP contribution in [0.1, 0.15) is 72.9 Å². The topological polar surface area (TPSA) is 103 Å². The van der Waals surface area contributed by atoms with Crippen molar-refractivity contribution in [3.63, 3.8) is 0 Å². The van der Waals surface area contributed by atoms with Crippen molar-refractivity contribution in [3.05, 3.63) is 130 Å². The number of aryl methyl sites for hydroxylation is 1. The Bertz CT molecular complexity index is 1670. The Labute approximate surface area is 270 Å². The van der Waals surface area contributed by atoms with E-state index in [1.54, 1.807) is 24.3 Å². The quantitative estimate of drug-likeness (QED) is 0.136. The minimum absolute atomic E-state index is 0. The molecule has 1 atom stereocenters. The molecule has 0 unspecified atom stereocenters. The maximum absolute atomic E-state index is 13.1. The Hall–Kier alpha value is -3.86. The molecule has 0 fully saturated rings. The van der Waals surface area contributed by atoms with Crippen LogP contribution in [0.15, 0.2) is 66.7 Å². The van der Waals surface area contributed by atoms with Crippen LogP contribution in [0.5, 0.6) is 0 Å². The fourth-order valence-electron chi connectivity index (χ4n) is 5.08. The fraction of sp³-hybridized carbons (Fsp3) is 0.176. The van der Waals surface area contributed by atoms with Crippen LogP contribution < -0.4 is 16.0 Å². The van der Waals surface area contributed by atoms with Gasteiger partial charge in [-0.15, -0.1) is 5.56 Å². The molecule has 0 radical (unpaired) electrons. The summed E-state index contributed by atoms with van der Waals surface area (Å²) in [4.78, 5) is 42.4. The van der Waals surface area contributed by atoms with Crippen LogP contribution in [-0.4, -0.2) is 22.7 Å². The van der Waals surface area contributed by atoms with Crippen molar-refractivity contribution in [2.45, 2.75) is 39.8 Å². The van der Waals surface area contributed by atoms with Crippen molar-refractivity contribution in [3.8, 4) is 0 Å². The van der Waals surface area contributed by atoms with Gasteiger partial charge in [-0.2, -0.15) is 36.2 Å². The Morgan fingerprint density at radius 3 is 2.55 bits per heavy atom. The van der Waals surface area contributed by atoms with E-state index in [-0.39, 0.29) is 54.9 Å². The molecule has 4 aromatic rings. The number of fused-ring (bicyclic) bond motifs is 1. The summed E-state index contributed by atoms with van der Waals surface area (Å²) in [6.45, 7) is 9.88. The van der Waals surface area contributed by atoms with Crippen molar-refractivity contribution in [1.29, 1.82) is 0 Å². The van der Waals surface area contributed by atoms with Crippen LogP contribution in [-0.2, 0) is 17.8 Å². The standard InChI is InChI=1S/C34H32N4O3.U/c1-5-23-10-9-11-24(16-23)19-35-34(41)31-20(2)30(36-22(31)4)18-28-27-17-26(14-15-29(27)38-33(28)40)32(39)37-21(3)25-12-7-6-8-13-25;/h6-9,11-18,21,36H,1,5,19H2,2-4H3,(H,35,41)(H,37,39)(H,38,40);/q-2;+2/b28-18-;/t21-;/m1./s1. The molecule has 42 heavy (non-hydrogen) atoms. The van der Waals surface area contributed by atoms with Gasteiger partial charge in [0, 0.05) is 34.7 Å². The van der Waals surface area contributed by atoms with E-state index in [1.807, 2.05) is 69.3 Å². The average Bonchev–Trinajstić information content (AvgIpc) is 3.45. The maximum atomic E-state index is 13.1. The zero-order valence-electron chi connectivity index (χ0n) is 23.9. The third kappa shape index (κ3) is 6.62. The molecule has 0 saturated carbocycles. The first-order valence-corrected chi connectivity index (χ1v) is 13.5. The number of carbonyl (C=O) groups excluding carboxylic acids is 3. The van der Waals surface area contributed by atoms with E-state index in [2.05, 4.69) is 33.9 Å². The number of hydrogen-bond donors (Lipinski definition) is 4. The number of aromatic nitrogens is 1. The van der Waals surface area contributed by atoms with Crippen LogP contribution in [0.2, 0.25) is 0 Å². The zero-order chi connectivity index (χ0) is 29.1. The molecule has 5 rings (SSSR count). The number of benzene rings is 3.